The van der Waals surface area contributed by atoms with Gasteiger partial charge in [0.1, 0.15) is 11.1 Å². The fraction of sp³-hybridized carbons (Fsp3) is 0.692. The summed E-state index contributed by atoms with van der Waals surface area (Å²) < 4.78 is 5.17. The van der Waals surface area contributed by atoms with Crippen LogP contribution in [-0.4, -0.2) is 23.0 Å². The minimum atomic E-state index is -0.805. The van der Waals surface area contributed by atoms with Crippen LogP contribution in [0, 0.1) is 0 Å². The Balaban J connectivity index is 2.63. The van der Waals surface area contributed by atoms with Crippen molar-refractivity contribution in [3.8, 4) is 0 Å². The molecule has 1 aliphatic rings. The van der Waals surface area contributed by atoms with E-state index in [0.29, 0.717) is 12.8 Å². The van der Waals surface area contributed by atoms with Gasteiger partial charge in [-0.25, -0.2) is 4.79 Å². The van der Waals surface area contributed by atoms with Gasteiger partial charge >= 0.3 is 6.09 Å². The zero-order valence-electron chi connectivity index (χ0n) is 11.1. The number of hydrogen-bond acceptors (Lipinski definition) is 3. The average molecular weight is 274 g/mol. The number of ketones is 1. The average Bonchev–Trinajstić information content (AvgIpc) is 2.06. The topological polar surface area (TPSA) is 55.4 Å². The molecule has 0 aliphatic heterocycles. The van der Waals surface area contributed by atoms with Crippen molar-refractivity contribution in [2.45, 2.75) is 57.6 Å². The molecule has 0 heterocycles. The number of nitrogens with one attached hydrogen (secondary N) is 1. The number of amides is 1. The van der Waals surface area contributed by atoms with Crippen LogP contribution in [0.15, 0.2) is 11.6 Å². The molecule has 0 unspecified atom stereocenters. The Morgan fingerprint density at radius 2 is 1.94 bits per heavy atom. The first-order valence-corrected chi connectivity index (χ1v) is 6.40. The van der Waals surface area contributed by atoms with E-state index in [-0.39, 0.29) is 17.2 Å². The number of ether oxygens (including phenoxy) is 1. The van der Waals surface area contributed by atoms with Gasteiger partial charge in [0, 0.05) is 11.5 Å². The number of allylic oxidation sites excluding steroid dienone is 1. The van der Waals surface area contributed by atoms with Crippen LogP contribution >= 0.6 is 11.6 Å². The molecule has 1 saturated carbocycles. The zero-order valence-corrected chi connectivity index (χ0v) is 11.9. The maximum atomic E-state index is 12.0. The molecule has 1 amide bonds. The molecule has 102 valence electrons. The highest BCUT2D eigenvalue weighted by Gasteiger charge is 2.45. The second kappa shape index (κ2) is 5.31. The standard InChI is InChI=1S/C13H20ClNO3/c1-9(14)8-10(16)13(6-5-7-13)15-11(17)18-12(2,3)4/h1,5-8H2,2-4H3,(H,15,17). The summed E-state index contributed by atoms with van der Waals surface area (Å²) in [5, 5.41) is 2.97. The Morgan fingerprint density at radius 1 is 1.39 bits per heavy atom. The molecule has 0 aromatic heterocycles. The van der Waals surface area contributed by atoms with Crippen LogP contribution in [0.25, 0.3) is 0 Å². The SMILES string of the molecule is C=C(Cl)CC(=O)C1(NC(=O)OC(C)(C)C)CCC1. The van der Waals surface area contributed by atoms with Crippen LogP contribution in [0.3, 0.4) is 0 Å². The number of hydrogen-bond donors (Lipinski definition) is 1. The lowest BCUT2D eigenvalue weighted by Gasteiger charge is -2.41. The van der Waals surface area contributed by atoms with Crippen LogP contribution in [0.4, 0.5) is 4.79 Å². The van der Waals surface area contributed by atoms with Gasteiger partial charge in [-0.1, -0.05) is 18.2 Å². The Morgan fingerprint density at radius 3 is 2.28 bits per heavy atom. The van der Waals surface area contributed by atoms with E-state index in [4.69, 9.17) is 16.3 Å². The molecule has 0 aromatic rings. The van der Waals surface area contributed by atoms with Crippen LogP contribution in [0.2, 0.25) is 0 Å². The molecule has 1 rings (SSSR count). The summed E-state index contributed by atoms with van der Waals surface area (Å²) in [6.45, 7) is 8.85. The second-order valence-corrected chi connectivity index (χ2v) is 6.21. The van der Waals surface area contributed by atoms with Gasteiger partial charge in [0.15, 0.2) is 5.78 Å². The molecule has 1 aliphatic carbocycles. The molecular weight excluding hydrogens is 254 g/mol. The molecule has 1 fully saturated rings. The van der Waals surface area contributed by atoms with E-state index in [9.17, 15) is 9.59 Å². The minimum Gasteiger partial charge on any atom is -0.444 e. The molecule has 0 aromatic carbocycles. The van der Waals surface area contributed by atoms with Gasteiger partial charge in [0.2, 0.25) is 0 Å². The van der Waals surface area contributed by atoms with Crippen molar-refractivity contribution < 1.29 is 14.3 Å². The fourth-order valence-electron chi connectivity index (χ4n) is 1.85. The molecule has 5 heteroatoms. The monoisotopic (exact) mass is 273 g/mol. The number of Topliss-reactive ketones (excluding diaryl/α,β-unsaturated/α-hetero) is 1. The van der Waals surface area contributed by atoms with Crippen molar-refractivity contribution in [2.75, 3.05) is 0 Å². The van der Waals surface area contributed by atoms with Crippen molar-refractivity contribution in [1.82, 2.24) is 5.32 Å². The normalized spacial score (nSPS) is 17.6. The third-order valence-electron chi connectivity index (χ3n) is 2.83. The summed E-state index contributed by atoms with van der Waals surface area (Å²) in [6.07, 6.45) is 1.70. The van der Waals surface area contributed by atoms with E-state index in [0.717, 1.165) is 6.42 Å². The highest BCUT2D eigenvalue weighted by Crippen LogP contribution is 2.35. The lowest BCUT2D eigenvalue weighted by Crippen LogP contribution is -2.59. The van der Waals surface area contributed by atoms with Crippen molar-refractivity contribution in [3.63, 3.8) is 0 Å². The molecule has 18 heavy (non-hydrogen) atoms. The predicted molar refractivity (Wildman–Crippen MR) is 70.6 cm³/mol. The van der Waals surface area contributed by atoms with Crippen LogP contribution in [-0.2, 0) is 9.53 Å². The molecule has 0 bridgehead atoms. The summed E-state index contributed by atoms with van der Waals surface area (Å²) in [5.41, 5.74) is -1.38. The van der Waals surface area contributed by atoms with Gasteiger partial charge in [-0.3, -0.25) is 4.79 Å². The second-order valence-electron chi connectivity index (χ2n) is 5.68. The number of rotatable bonds is 4. The molecule has 0 saturated heterocycles. The zero-order chi connectivity index (χ0) is 14.0. The van der Waals surface area contributed by atoms with Gasteiger partial charge in [0.05, 0.1) is 0 Å². The number of carbonyl (C=O) groups is 2. The molecule has 0 atom stereocenters. The minimum absolute atomic E-state index is 0.0807. The van der Waals surface area contributed by atoms with Gasteiger partial charge in [-0.15, -0.1) is 0 Å². The lowest BCUT2D eigenvalue weighted by atomic mass is 9.73. The summed E-state index contributed by atoms with van der Waals surface area (Å²) >= 11 is 5.64. The largest absolute Gasteiger partial charge is 0.444 e. The Bertz CT molecular complexity index is 367. The summed E-state index contributed by atoms with van der Waals surface area (Å²) in [6, 6.07) is 0. The van der Waals surface area contributed by atoms with E-state index in [1.54, 1.807) is 20.8 Å². The van der Waals surface area contributed by atoms with E-state index in [1.165, 1.54) is 0 Å². The van der Waals surface area contributed by atoms with Crippen molar-refractivity contribution in [2.24, 2.45) is 0 Å². The Kier molecular flexibility index (Phi) is 4.43. The first-order chi connectivity index (χ1) is 8.15. The summed E-state index contributed by atoms with van der Waals surface area (Å²) in [4.78, 5) is 23.8. The molecular formula is C13H20ClNO3. The molecule has 0 radical (unpaired) electrons. The van der Waals surface area contributed by atoms with E-state index < -0.39 is 17.2 Å². The third-order valence-corrected chi connectivity index (χ3v) is 2.97. The molecule has 4 nitrogen and oxygen atoms in total. The van der Waals surface area contributed by atoms with Crippen molar-refractivity contribution >= 4 is 23.5 Å². The van der Waals surface area contributed by atoms with E-state index in [2.05, 4.69) is 11.9 Å². The predicted octanol–water partition coefficient (Wildman–Crippen LogP) is 3.15. The number of halogens is 1. The first-order valence-electron chi connectivity index (χ1n) is 6.02. The summed E-state index contributed by atoms with van der Waals surface area (Å²) in [7, 11) is 0. The first kappa shape index (κ1) is 15.0. The number of carbonyl (C=O) groups excluding carboxylic acids is 2. The quantitative estimate of drug-likeness (QED) is 0.856. The molecule has 0 spiro atoms. The smallest absolute Gasteiger partial charge is 0.408 e. The van der Waals surface area contributed by atoms with Gasteiger partial charge in [-0.05, 0) is 40.0 Å². The van der Waals surface area contributed by atoms with Crippen LogP contribution in [0.1, 0.15) is 46.5 Å². The Labute approximate surface area is 113 Å². The third kappa shape index (κ3) is 4.02. The fourth-order valence-corrected chi connectivity index (χ4v) is 1.97. The van der Waals surface area contributed by atoms with E-state index in [1.807, 2.05) is 0 Å². The van der Waals surface area contributed by atoms with Crippen LogP contribution < -0.4 is 5.32 Å². The Hall–Kier alpha value is -1.03. The summed E-state index contributed by atoms with van der Waals surface area (Å²) in [5.74, 6) is -0.0976. The van der Waals surface area contributed by atoms with Crippen LogP contribution in [0.5, 0.6) is 0 Å². The highest BCUT2D eigenvalue weighted by molar-refractivity contribution is 6.30. The van der Waals surface area contributed by atoms with Gasteiger partial charge in [0.25, 0.3) is 0 Å². The maximum absolute atomic E-state index is 12.0. The highest BCUT2D eigenvalue weighted by atomic mass is 35.5. The van der Waals surface area contributed by atoms with E-state index >= 15 is 0 Å². The van der Waals surface area contributed by atoms with Gasteiger partial charge in [-0.2, -0.15) is 0 Å². The van der Waals surface area contributed by atoms with Crippen molar-refractivity contribution in [3.05, 3.63) is 11.6 Å². The maximum Gasteiger partial charge on any atom is 0.408 e. The van der Waals surface area contributed by atoms with Crippen molar-refractivity contribution in [1.29, 1.82) is 0 Å². The van der Waals surface area contributed by atoms with Gasteiger partial charge < -0.3 is 10.1 Å². The lowest BCUT2D eigenvalue weighted by molar-refractivity contribution is -0.128. The molecule has 1 N–H and O–H groups in total. The number of alkyl carbamates (subject to hydrolysis) is 1.